The van der Waals surface area contributed by atoms with Gasteiger partial charge in [-0.2, -0.15) is 5.10 Å². The number of hydrogen-bond donors (Lipinski definition) is 1. The van der Waals surface area contributed by atoms with Gasteiger partial charge in [-0.25, -0.2) is 9.67 Å². The van der Waals surface area contributed by atoms with Gasteiger partial charge in [-0.05, 0) is 31.1 Å². The predicted octanol–water partition coefficient (Wildman–Crippen LogP) is 1.25. The highest BCUT2D eigenvalue weighted by Gasteiger charge is 2.38. The molecular formula is C14H25N5. The highest BCUT2D eigenvalue weighted by Crippen LogP contribution is 2.35. The van der Waals surface area contributed by atoms with Crippen LogP contribution in [0.2, 0.25) is 0 Å². The van der Waals surface area contributed by atoms with E-state index in [-0.39, 0.29) is 0 Å². The smallest absolute Gasteiger partial charge is 0.141 e. The van der Waals surface area contributed by atoms with Crippen LogP contribution in [0, 0.1) is 11.8 Å². The zero-order chi connectivity index (χ0) is 13.2. The maximum absolute atomic E-state index is 6.27. The van der Waals surface area contributed by atoms with Gasteiger partial charge in [0.2, 0.25) is 0 Å². The van der Waals surface area contributed by atoms with Crippen molar-refractivity contribution in [2.24, 2.45) is 17.6 Å². The number of rotatable bonds is 4. The molecule has 1 aromatic rings. The summed E-state index contributed by atoms with van der Waals surface area (Å²) in [6.07, 6.45) is 6.66. The molecule has 2 fully saturated rings. The fourth-order valence-electron chi connectivity index (χ4n) is 3.75. The number of nitrogens with zero attached hydrogens (tertiary/aromatic N) is 4. The quantitative estimate of drug-likeness (QED) is 0.888. The summed E-state index contributed by atoms with van der Waals surface area (Å²) in [6.45, 7) is 6.41. The van der Waals surface area contributed by atoms with Crippen molar-refractivity contribution in [3.63, 3.8) is 0 Å². The van der Waals surface area contributed by atoms with Crippen molar-refractivity contribution in [2.75, 3.05) is 13.1 Å². The average Bonchev–Trinajstić information content (AvgIpc) is 2.98. The predicted molar refractivity (Wildman–Crippen MR) is 74.4 cm³/mol. The Balaban J connectivity index is 1.63. The molecule has 0 radical (unpaired) electrons. The van der Waals surface area contributed by atoms with Gasteiger partial charge >= 0.3 is 0 Å². The third kappa shape index (κ3) is 2.67. The molecule has 2 aliphatic rings. The zero-order valence-electron chi connectivity index (χ0n) is 11.8. The molecule has 2 heterocycles. The van der Waals surface area contributed by atoms with Crippen molar-refractivity contribution in [3.8, 4) is 0 Å². The Morgan fingerprint density at radius 1 is 1.37 bits per heavy atom. The van der Waals surface area contributed by atoms with Gasteiger partial charge in [0.15, 0.2) is 0 Å². The summed E-state index contributed by atoms with van der Waals surface area (Å²) in [5.41, 5.74) is 6.27. The fourth-order valence-corrected chi connectivity index (χ4v) is 3.75. The monoisotopic (exact) mass is 263 g/mol. The third-order valence-corrected chi connectivity index (χ3v) is 4.73. The van der Waals surface area contributed by atoms with Crippen LogP contribution in [-0.4, -0.2) is 38.8 Å². The Hall–Kier alpha value is -0.940. The van der Waals surface area contributed by atoms with Gasteiger partial charge in [-0.3, -0.25) is 4.90 Å². The van der Waals surface area contributed by atoms with E-state index in [1.807, 2.05) is 4.68 Å². The molecule has 1 aliphatic carbocycles. The van der Waals surface area contributed by atoms with Gasteiger partial charge in [-0.15, -0.1) is 0 Å². The van der Waals surface area contributed by atoms with E-state index in [1.165, 1.54) is 25.8 Å². The lowest BCUT2D eigenvalue weighted by atomic mass is 9.78. The molecule has 0 amide bonds. The summed E-state index contributed by atoms with van der Waals surface area (Å²) in [7, 11) is 0. The molecule has 3 atom stereocenters. The van der Waals surface area contributed by atoms with Crippen LogP contribution in [0.25, 0.3) is 0 Å². The minimum Gasteiger partial charge on any atom is -0.327 e. The second-order valence-electron chi connectivity index (χ2n) is 6.11. The van der Waals surface area contributed by atoms with Crippen molar-refractivity contribution in [1.29, 1.82) is 0 Å². The summed E-state index contributed by atoms with van der Waals surface area (Å²) in [6, 6.07) is 0.414. The molecule has 1 aromatic heterocycles. The molecule has 0 bridgehead atoms. The Labute approximate surface area is 115 Å². The lowest BCUT2D eigenvalue weighted by molar-refractivity contribution is 0.258. The Kier molecular flexibility index (Phi) is 3.84. The second kappa shape index (κ2) is 5.59. The van der Waals surface area contributed by atoms with Gasteiger partial charge < -0.3 is 5.73 Å². The normalized spacial score (nSPS) is 31.6. The van der Waals surface area contributed by atoms with Crippen LogP contribution >= 0.6 is 0 Å². The van der Waals surface area contributed by atoms with Crippen LogP contribution in [0.3, 0.4) is 0 Å². The molecule has 1 saturated carbocycles. The zero-order valence-corrected chi connectivity index (χ0v) is 11.8. The summed E-state index contributed by atoms with van der Waals surface area (Å²) in [5.74, 6) is 2.62. The average molecular weight is 263 g/mol. The van der Waals surface area contributed by atoms with E-state index < -0.39 is 0 Å². The highest BCUT2D eigenvalue weighted by molar-refractivity contribution is 4.95. The molecule has 0 aromatic carbocycles. The van der Waals surface area contributed by atoms with Crippen LogP contribution in [-0.2, 0) is 13.1 Å². The van der Waals surface area contributed by atoms with E-state index in [4.69, 9.17) is 5.73 Å². The molecule has 0 spiro atoms. The van der Waals surface area contributed by atoms with Crippen LogP contribution in [0.1, 0.15) is 38.4 Å². The van der Waals surface area contributed by atoms with E-state index in [2.05, 4.69) is 21.9 Å². The summed E-state index contributed by atoms with van der Waals surface area (Å²) in [5, 5.41) is 4.31. The van der Waals surface area contributed by atoms with Gasteiger partial charge in [0.25, 0.3) is 0 Å². The van der Waals surface area contributed by atoms with Crippen LogP contribution in [0.15, 0.2) is 6.33 Å². The van der Waals surface area contributed by atoms with Crippen molar-refractivity contribution in [3.05, 3.63) is 12.2 Å². The molecular weight excluding hydrogens is 238 g/mol. The molecule has 1 aliphatic heterocycles. The minimum absolute atomic E-state index is 0.414. The van der Waals surface area contributed by atoms with E-state index in [0.29, 0.717) is 12.0 Å². The van der Waals surface area contributed by atoms with Gasteiger partial charge in [0.05, 0.1) is 6.54 Å². The topological polar surface area (TPSA) is 60.0 Å². The number of fused-ring (bicyclic) bond motifs is 1. The molecule has 1 saturated heterocycles. The summed E-state index contributed by atoms with van der Waals surface area (Å²) >= 11 is 0. The Morgan fingerprint density at radius 2 is 2.26 bits per heavy atom. The van der Waals surface area contributed by atoms with Crippen molar-refractivity contribution in [2.45, 2.75) is 51.7 Å². The van der Waals surface area contributed by atoms with Gasteiger partial charge in [0, 0.05) is 25.7 Å². The van der Waals surface area contributed by atoms with E-state index in [9.17, 15) is 0 Å². The number of aryl methyl sites for hydroxylation is 1. The molecule has 3 unspecified atom stereocenters. The number of likely N-dealkylation sites (tertiary alicyclic amines) is 1. The molecule has 5 nitrogen and oxygen atoms in total. The van der Waals surface area contributed by atoms with Crippen LogP contribution < -0.4 is 5.73 Å². The largest absolute Gasteiger partial charge is 0.327 e. The molecule has 3 rings (SSSR count). The van der Waals surface area contributed by atoms with Crippen LogP contribution in [0.5, 0.6) is 0 Å². The van der Waals surface area contributed by atoms with Gasteiger partial charge in [0.1, 0.15) is 12.2 Å². The molecule has 19 heavy (non-hydrogen) atoms. The first-order valence-corrected chi connectivity index (χ1v) is 7.62. The first-order chi connectivity index (χ1) is 9.28. The minimum atomic E-state index is 0.414. The maximum Gasteiger partial charge on any atom is 0.141 e. The number of hydrogen-bond acceptors (Lipinski definition) is 4. The van der Waals surface area contributed by atoms with Crippen molar-refractivity contribution < 1.29 is 0 Å². The SMILES string of the molecule is CCCn1ncnc1CN1CC2CCCC(N)C2C1. The van der Waals surface area contributed by atoms with E-state index >= 15 is 0 Å². The highest BCUT2D eigenvalue weighted by atomic mass is 15.3. The molecule has 2 N–H and O–H groups in total. The molecule has 106 valence electrons. The summed E-state index contributed by atoms with van der Waals surface area (Å²) < 4.78 is 2.04. The van der Waals surface area contributed by atoms with Gasteiger partial charge in [-0.1, -0.05) is 13.3 Å². The fraction of sp³-hybridized carbons (Fsp3) is 0.857. The summed E-state index contributed by atoms with van der Waals surface area (Å²) in [4.78, 5) is 6.94. The number of nitrogens with two attached hydrogens (primary N) is 1. The van der Waals surface area contributed by atoms with E-state index in [0.717, 1.165) is 37.8 Å². The first kappa shape index (κ1) is 13.1. The van der Waals surface area contributed by atoms with Crippen LogP contribution in [0.4, 0.5) is 0 Å². The lowest BCUT2D eigenvalue weighted by Gasteiger charge is -2.29. The lowest BCUT2D eigenvalue weighted by Crippen LogP contribution is -2.38. The Morgan fingerprint density at radius 3 is 3.05 bits per heavy atom. The number of aromatic nitrogens is 3. The van der Waals surface area contributed by atoms with Crippen molar-refractivity contribution in [1.82, 2.24) is 19.7 Å². The van der Waals surface area contributed by atoms with E-state index in [1.54, 1.807) is 6.33 Å². The van der Waals surface area contributed by atoms with Crippen molar-refractivity contribution >= 4 is 0 Å². The Bertz CT molecular complexity index is 416. The third-order valence-electron chi connectivity index (χ3n) is 4.73. The maximum atomic E-state index is 6.27. The second-order valence-corrected chi connectivity index (χ2v) is 6.11. The first-order valence-electron chi connectivity index (χ1n) is 7.62. The molecule has 5 heteroatoms. The standard InChI is InChI=1S/C14H25N5/c1-2-6-19-14(16-10-17-19)9-18-7-11-4-3-5-13(15)12(11)8-18/h10-13H,2-9,15H2,1H3.